The van der Waals surface area contributed by atoms with Crippen molar-refractivity contribution < 1.29 is 8.78 Å². The largest absolute Gasteiger partial charge is 0.280 e. The topological polar surface area (TPSA) is 12.9 Å². The van der Waals surface area contributed by atoms with Gasteiger partial charge in [-0.1, -0.05) is 11.6 Å². The van der Waals surface area contributed by atoms with Crippen LogP contribution in [0.3, 0.4) is 0 Å². The molecule has 0 bridgehead atoms. The molecule has 0 aliphatic carbocycles. The van der Waals surface area contributed by atoms with Crippen molar-refractivity contribution in [3.05, 3.63) is 28.0 Å². The van der Waals surface area contributed by atoms with E-state index in [0.717, 1.165) is 0 Å². The molecule has 1 rings (SSSR count). The van der Waals surface area contributed by atoms with Crippen LogP contribution in [0.25, 0.3) is 0 Å². The highest BCUT2D eigenvalue weighted by molar-refractivity contribution is 6.33. The number of aromatic nitrogens is 1. The summed E-state index contributed by atoms with van der Waals surface area (Å²) in [5.41, 5.74) is 0.547. The fourth-order valence-electron chi connectivity index (χ4n) is 0.967. The molecule has 0 radical (unpaired) electrons. The molecule has 1 aromatic rings. The fourth-order valence-corrected chi connectivity index (χ4v) is 1.52. The van der Waals surface area contributed by atoms with Crippen LogP contribution in [0.1, 0.15) is 23.2 Å². The van der Waals surface area contributed by atoms with Crippen LogP contribution in [0.15, 0.2) is 6.20 Å². The number of hydrogen-bond donors (Lipinski definition) is 0. The lowest BCUT2D eigenvalue weighted by atomic mass is 10.1. The molecule has 0 aliphatic rings. The SMILES string of the molecule is Cc1cnc(C(F)F)c(CCl)c1Cl. The van der Waals surface area contributed by atoms with Crippen LogP contribution in [0.2, 0.25) is 5.02 Å². The average molecular weight is 226 g/mol. The second-order valence-electron chi connectivity index (χ2n) is 2.55. The minimum atomic E-state index is -2.63. The summed E-state index contributed by atoms with van der Waals surface area (Å²) in [6.07, 6.45) is -1.31. The van der Waals surface area contributed by atoms with Crippen LogP contribution in [0.4, 0.5) is 8.78 Å². The van der Waals surface area contributed by atoms with Gasteiger partial charge >= 0.3 is 0 Å². The molecular formula is C8H7Cl2F2N. The Balaban J connectivity index is 3.30. The van der Waals surface area contributed by atoms with Gasteiger partial charge in [-0.15, -0.1) is 11.6 Å². The zero-order chi connectivity index (χ0) is 10.0. The van der Waals surface area contributed by atoms with Gasteiger partial charge in [-0.3, -0.25) is 4.98 Å². The van der Waals surface area contributed by atoms with E-state index in [9.17, 15) is 8.78 Å². The summed E-state index contributed by atoms with van der Waals surface area (Å²) < 4.78 is 24.7. The Morgan fingerprint density at radius 1 is 1.54 bits per heavy atom. The first kappa shape index (κ1) is 10.7. The van der Waals surface area contributed by atoms with E-state index in [1.54, 1.807) is 6.92 Å². The van der Waals surface area contributed by atoms with Gasteiger partial charge in [0.05, 0.1) is 10.9 Å². The molecule has 0 unspecified atom stereocenters. The standard InChI is InChI=1S/C8H7Cl2F2N/c1-4-3-13-7(8(11)12)5(2-9)6(4)10/h3,8H,2H2,1H3. The van der Waals surface area contributed by atoms with Gasteiger partial charge in [0.15, 0.2) is 0 Å². The number of aryl methyl sites for hydroxylation is 1. The molecule has 13 heavy (non-hydrogen) atoms. The highest BCUT2D eigenvalue weighted by atomic mass is 35.5. The van der Waals surface area contributed by atoms with Crippen LogP contribution in [0, 0.1) is 6.92 Å². The number of hydrogen-bond acceptors (Lipinski definition) is 1. The zero-order valence-electron chi connectivity index (χ0n) is 6.82. The smallest absolute Gasteiger partial charge is 0.255 e. The van der Waals surface area contributed by atoms with Gasteiger partial charge < -0.3 is 0 Å². The van der Waals surface area contributed by atoms with Crippen molar-refractivity contribution in [3.8, 4) is 0 Å². The minimum absolute atomic E-state index is 0.0484. The fraction of sp³-hybridized carbons (Fsp3) is 0.375. The predicted molar refractivity (Wildman–Crippen MR) is 48.5 cm³/mol. The Kier molecular flexibility index (Phi) is 3.45. The molecule has 1 nitrogen and oxygen atoms in total. The normalized spacial score (nSPS) is 10.9. The van der Waals surface area contributed by atoms with Crippen LogP contribution >= 0.6 is 23.2 Å². The Hall–Kier alpha value is -0.410. The first-order valence-corrected chi connectivity index (χ1v) is 4.47. The van der Waals surface area contributed by atoms with Gasteiger partial charge in [0, 0.05) is 11.8 Å². The lowest BCUT2D eigenvalue weighted by molar-refractivity contribution is 0.145. The second-order valence-corrected chi connectivity index (χ2v) is 3.20. The van der Waals surface area contributed by atoms with Gasteiger partial charge in [-0.05, 0) is 12.5 Å². The average Bonchev–Trinajstić information content (AvgIpc) is 2.09. The lowest BCUT2D eigenvalue weighted by Crippen LogP contribution is -1.99. The maximum absolute atomic E-state index is 12.3. The molecular weight excluding hydrogens is 219 g/mol. The maximum atomic E-state index is 12.3. The molecule has 0 saturated heterocycles. The quantitative estimate of drug-likeness (QED) is 0.700. The van der Waals surface area contributed by atoms with E-state index in [1.807, 2.05) is 0 Å². The lowest BCUT2D eigenvalue weighted by Gasteiger charge is -2.08. The predicted octanol–water partition coefficient (Wildman–Crippen LogP) is 3.72. The van der Waals surface area contributed by atoms with E-state index in [2.05, 4.69) is 4.98 Å². The van der Waals surface area contributed by atoms with E-state index in [-0.39, 0.29) is 22.2 Å². The van der Waals surface area contributed by atoms with E-state index in [0.29, 0.717) is 5.56 Å². The van der Waals surface area contributed by atoms with Crippen molar-refractivity contribution in [1.82, 2.24) is 4.98 Å². The van der Waals surface area contributed by atoms with E-state index in [4.69, 9.17) is 23.2 Å². The van der Waals surface area contributed by atoms with Crippen LogP contribution < -0.4 is 0 Å². The highest BCUT2D eigenvalue weighted by Crippen LogP contribution is 2.29. The molecule has 1 aromatic heterocycles. The maximum Gasteiger partial charge on any atom is 0.280 e. The molecule has 0 saturated carbocycles. The summed E-state index contributed by atoms with van der Waals surface area (Å²) in [4.78, 5) is 3.59. The summed E-state index contributed by atoms with van der Waals surface area (Å²) in [6, 6.07) is 0. The zero-order valence-corrected chi connectivity index (χ0v) is 8.33. The third-order valence-electron chi connectivity index (χ3n) is 1.66. The van der Waals surface area contributed by atoms with Crippen LogP contribution in [-0.2, 0) is 5.88 Å². The molecule has 0 spiro atoms. The first-order chi connectivity index (χ1) is 6.07. The Morgan fingerprint density at radius 3 is 2.62 bits per heavy atom. The van der Waals surface area contributed by atoms with E-state index >= 15 is 0 Å². The van der Waals surface area contributed by atoms with Crippen molar-refractivity contribution in [2.45, 2.75) is 19.2 Å². The van der Waals surface area contributed by atoms with Crippen molar-refractivity contribution in [2.75, 3.05) is 0 Å². The van der Waals surface area contributed by atoms with Crippen molar-refractivity contribution in [2.24, 2.45) is 0 Å². The molecule has 1 heterocycles. The third kappa shape index (κ3) is 2.09. The van der Waals surface area contributed by atoms with Gasteiger partial charge in [-0.2, -0.15) is 0 Å². The Labute approximate surface area is 84.7 Å². The summed E-state index contributed by atoms with van der Waals surface area (Å²) in [5.74, 6) is -0.0484. The van der Waals surface area contributed by atoms with Crippen LogP contribution in [-0.4, -0.2) is 4.98 Å². The third-order valence-corrected chi connectivity index (χ3v) is 2.45. The number of alkyl halides is 3. The van der Waals surface area contributed by atoms with Crippen molar-refractivity contribution >= 4 is 23.2 Å². The summed E-state index contributed by atoms with van der Waals surface area (Å²) in [7, 11) is 0. The molecule has 0 amide bonds. The number of nitrogens with zero attached hydrogens (tertiary/aromatic N) is 1. The summed E-state index contributed by atoms with van der Waals surface area (Å²) in [6.45, 7) is 1.70. The van der Waals surface area contributed by atoms with Gasteiger partial charge in [0.1, 0.15) is 5.69 Å². The van der Waals surface area contributed by atoms with Gasteiger partial charge in [0.25, 0.3) is 6.43 Å². The Morgan fingerprint density at radius 2 is 2.15 bits per heavy atom. The summed E-state index contributed by atoms with van der Waals surface area (Å²) in [5, 5.41) is 0.278. The Bertz CT molecular complexity index is 315. The molecule has 0 aliphatic heterocycles. The molecule has 0 aromatic carbocycles. The molecule has 5 heteroatoms. The number of halogens is 4. The van der Waals surface area contributed by atoms with E-state index in [1.165, 1.54) is 6.20 Å². The summed E-state index contributed by atoms with van der Waals surface area (Å²) >= 11 is 11.3. The second kappa shape index (κ2) is 4.20. The van der Waals surface area contributed by atoms with E-state index < -0.39 is 6.43 Å². The molecule has 0 fully saturated rings. The number of pyridine rings is 1. The highest BCUT2D eigenvalue weighted by Gasteiger charge is 2.17. The van der Waals surface area contributed by atoms with Crippen molar-refractivity contribution in [3.63, 3.8) is 0 Å². The molecule has 0 N–H and O–H groups in total. The minimum Gasteiger partial charge on any atom is -0.255 e. The van der Waals surface area contributed by atoms with Crippen molar-refractivity contribution in [1.29, 1.82) is 0 Å². The number of rotatable bonds is 2. The van der Waals surface area contributed by atoms with Gasteiger partial charge in [0.2, 0.25) is 0 Å². The molecule has 72 valence electrons. The monoisotopic (exact) mass is 225 g/mol. The molecule has 0 atom stereocenters. The van der Waals surface area contributed by atoms with Gasteiger partial charge in [-0.25, -0.2) is 8.78 Å². The van der Waals surface area contributed by atoms with Crippen LogP contribution in [0.5, 0.6) is 0 Å². The first-order valence-electron chi connectivity index (χ1n) is 3.56.